The summed E-state index contributed by atoms with van der Waals surface area (Å²) in [5.41, 5.74) is 0. The van der Waals surface area contributed by atoms with E-state index in [0.29, 0.717) is 0 Å². The van der Waals surface area contributed by atoms with Gasteiger partial charge in [-0.05, 0) is 13.4 Å². The second kappa shape index (κ2) is 14.4. The normalized spacial score (nSPS) is 16.9. The lowest BCUT2D eigenvalue weighted by atomic mass is 10.2. The van der Waals surface area contributed by atoms with Crippen LogP contribution in [0.5, 0.6) is 0 Å². The quantitative estimate of drug-likeness (QED) is 0.297. The van der Waals surface area contributed by atoms with Gasteiger partial charge >= 0.3 is 5.97 Å². The van der Waals surface area contributed by atoms with Gasteiger partial charge in [-0.25, -0.2) is 4.79 Å². The molecule has 0 aromatic rings. The van der Waals surface area contributed by atoms with E-state index in [2.05, 4.69) is 59.6 Å². The first-order chi connectivity index (χ1) is 9.40. The molecule has 0 bridgehead atoms. The van der Waals surface area contributed by atoms with Gasteiger partial charge in [-0.1, -0.05) is 31.9 Å². The van der Waals surface area contributed by atoms with Gasteiger partial charge in [-0.15, -0.1) is 26.8 Å². The minimum Gasteiger partial charge on any atom is -0.466 e. The Morgan fingerprint density at radius 2 is 2.05 bits per heavy atom. The van der Waals surface area contributed by atoms with Gasteiger partial charge in [0.05, 0.1) is 7.11 Å². The molecule has 0 aromatic heterocycles. The van der Waals surface area contributed by atoms with Crippen molar-refractivity contribution < 1.29 is 9.53 Å². The summed E-state index contributed by atoms with van der Waals surface area (Å²) in [4.78, 5) is 11.2. The minimum atomic E-state index is -0.307. The highest BCUT2D eigenvalue weighted by Gasteiger charge is 2.11. The summed E-state index contributed by atoms with van der Waals surface area (Å²) >= 11 is 0. The molecule has 2 N–H and O–H groups in total. The zero-order valence-electron chi connectivity index (χ0n) is 11.2. The van der Waals surface area contributed by atoms with Gasteiger partial charge in [0.25, 0.3) is 0 Å². The fourth-order valence-corrected chi connectivity index (χ4v) is 6.88. The van der Waals surface area contributed by atoms with E-state index in [4.69, 9.17) is 0 Å². The molecule has 0 amide bonds. The van der Waals surface area contributed by atoms with Gasteiger partial charge in [-0.2, -0.15) is 0 Å². The van der Waals surface area contributed by atoms with Gasteiger partial charge in [0.2, 0.25) is 0 Å². The molecule has 0 spiro atoms. The summed E-state index contributed by atoms with van der Waals surface area (Å²) in [6.45, 7) is 0.827. The molecule has 0 saturated heterocycles. The number of ether oxygens (including phenoxy) is 1. The average Bonchev–Trinajstić information content (AvgIpc) is 2.43. The zero-order chi connectivity index (χ0) is 15.5. The van der Waals surface area contributed by atoms with E-state index in [-0.39, 0.29) is 33.9 Å². The van der Waals surface area contributed by atoms with Crippen LogP contribution in [0.2, 0.25) is 0 Å². The highest BCUT2D eigenvalue weighted by Crippen LogP contribution is 2.80. The second-order valence-electron chi connectivity index (χ2n) is 3.54. The van der Waals surface area contributed by atoms with Crippen molar-refractivity contribution in [1.29, 1.82) is 0 Å². The zero-order valence-corrected chi connectivity index (χ0v) is 20.6. The largest absolute Gasteiger partial charge is 0.466 e. The maximum absolute atomic E-state index is 11.2. The topological polar surface area (TPSA) is 50.4 Å². The molecule has 0 aliphatic rings. The van der Waals surface area contributed by atoms with E-state index in [9.17, 15) is 4.79 Å². The summed E-state index contributed by atoms with van der Waals surface area (Å²) in [6, 6.07) is 0.187. The lowest BCUT2D eigenvalue weighted by Gasteiger charge is -2.22. The van der Waals surface area contributed by atoms with Gasteiger partial charge < -0.3 is 4.74 Å². The van der Waals surface area contributed by atoms with Crippen LogP contribution in [-0.2, 0) is 9.53 Å². The molecule has 0 fully saturated rings. The molecular formula is C7H23N2O2P9. The van der Waals surface area contributed by atoms with Crippen LogP contribution in [0.1, 0.15) is 6.42 Å². The number of nitrogens with one attached hydrogen (secondary N) is 2. The lowest BCUT2D eigenvalue weighted by Crippen LogP contribution is -2.24. The minimum absolute atomic E-state index is 0.0977. The average molecular weight is 446 g/mol. The predicted octanol–water partition coefficient (Wildman–Crippen LogP) is 4.39. The fraction of sp³-hybridized carbons (Fsp3) is 0.571. The molecule has 9 unspecified atom stereocenters. The van der Waals surface area contributed by atoms with E-state index in [1.165, 1.54) is 13.2 Å². The standard InChI is InChI=1S/C7H23N2O2P9/c1-11-7(10)3-2-6(9-18(13)17-12)4-5-8-19(14)20(15)16/h2-3,6,8-9,17H,4-5,12-16H2,1H3/b3-2+. The summed E-state index contributed by atoms with van der Waals surface area (Å²) in [5.74, 6) is -0.307. The summed E-state index contributed by atoms with van der Waals surface area (Å²) < 4.78 is 4.63. The Balaban J connectivity index is 4.31. The van der Waals surface area contributed by atoms with Crippen molar-refractivity contribution in [2.24, 2.45) is 0 Å². The van der Waals surface area contributed by atoms with Gasteiger partial charge in [0.15, 0.2) is 0 Å². The Morgan fingerprint density at radius 3 is 2.55 bits per heavy atom. The molecule has 0 heterocycles. The van der Waals surface area contributed by atoms with E-state index in [1.54, 1.807) is 0 Å². The van der Waals surface area contributed by atoms with Crippen LogP contribution < -0.4 is 10.2 Å². The first kappa shape index (κ1) is 23.0. The fourth-order valence-electron chi connectivity index (χ4n) is 1.10. The summed E-state index contributed by atoms with van der Waals surface area (Å²) in [5, 5.41) is 7.06. The summed E-state index contributed by atoms with van der Waals surface area (Å²) in [7, 11) is 15.9. The SMILES string of the molecule is COC(=O)/C=C/C(CCNP(P)P(P)P)NP(P)PP. The van der Waals surface area contributed by atoms with E-state index >= 15 is 0 Å². The third kappa shape index (κ3) is 12.4. The van der Waals surface area contributed by atoms with E-state index < -0.39 is 0 Å². The molecule has 118 valence electrons. The molecule has 0 aromatic carbocycles. The number of hydrogen-bond acceptors (Lipinski definition) is 4. The molecule has 0 rings (SSSR count). The molecule has 0 radical (unpaired) electrons. The molecule has 4 nitrogen and oxygen atoms in total. The predicted molar refractivity (Wildman–Crippen MR) is 118 cm³/mol. The van der Waals surface area contributed by atoms with Crippen molar-refractivity contribution in [2.75, 3.05) is 13.7 Å². The van der Waals surface area contributed by atoms with Crippen LogP contribution >= 0.6 is 74.5 Å². The molecule has 13 heteroatoms. The van der Waals surface area contributed by atoms with Crippen molar-refractivity contribution in [2.45, 2.75) is 12.5 Å². The lowest BCUT2D eigenvalue weighted by molar-refractivity contribution is -0.134. The van der Waals surface area contributed by atoms with Crippen LogP contribution in [0, 0.1) is 0 Å². The highest BCUT2D eigenvalue weighted by molar-refractivity contribution is 8.81. The van der Waals surface area contributed by atoms with Crippen LogP contribution in [0.3, 0.4) is 0 Å². The molecular weight excluding hydrogens is 423 g/mol. The van der Waals surface area contributed by atoms with E-state index in [1.807, 2.05) is 6.08 Å². The first-order valence-corrected chi connectivity index (χ1v) is 20.4. The molecule has 0 aliphatic heterocycles. The number of methoxy groups -OCH3 is 1. The number of hydrogen-bond donors (Lipinski definition) is 2. The van der Waals surface area contributed by atoms with Crippen LogP contribution in [0.4, 0.5) is 0 Å². The van der Waals surface area contributed by atoms with E-state index in [0.717, 1.165) is 20.9 Å². The van der Waals surface area contributed by atoms with Gasteiger partial charge in [0, 0.05) is 33.6 Å². The number of carbonyl (C=O) groups is 1. The summed E-state index contributed by atoms with van der Waals surface area (Å²) in [6.07, 6.45) is 4.34. The third-order valence-electron chi connectivity index (χ3n) is 2.09. The Labute approximate surface area is 138 Å². The Morgan fingerprint density at radius 1 is 1.40 bits per heavy atom. The first-order valence-electron chi connectivity index (χ1n) is 5.51. The van der Waals surface area contributed by atoms with Gasteiger partial charge in [-0.3, -0.25) is 10.2 Å². The van der Waals surface area contributed by atoms with Crippen molar-refractivity contribution in [3.8, 4) is 0 Å². The number of esters is 1. The van der Waals surface area contributed by atoms with Crippen LogP contribution in [-0.4, -0.2) is 25.7 Å². The Kier molecular flexibility index (Phi) is 16.5. The van der Waals surface area contributed by atoms with Crippen LogP contribution in [0.25, 0.3) is 0 Å². The number of carbonyl (C=O) groups excluding carboxylic acids is 1. The van der Waals surface area contributed by atoms with Crippen molar-refractivity contribution >= 4 is 80.5 Å². The maximum Gasteiger partial charge on any atom is 0.330 e. The molecule has 0 aliphatic carbocycles. The highest BCUT2D eigenvalue weighted by atomic mass is 32.8. The van der Waals surface area contributed by atoms with Crippen molar-refractivity contribution in [3.63, 3.8) is 0 Å². The van der Waals surface area contributed by atoms with Crippen molar-refractivity contribution in [1.82, 2.24) is 10.2 Å². The molecule has 9 atom stereocenters. The maximum atomic E-state index is 11.2. The molecule has 20 heavy (non-hydrogen) atoms. The monoisotopic (exact) mass is 446 g/mol. The third-order valence-corrected chi connectivity index (χ3v) is 26.4. The Hall–Kier alpha value is 3.00. The second-order valence-corrected chi connectivity index (χ2v) is 27.5. The smallest absolute Gasteiger partial charge is 0.330 e. The van der Waals surface area contributed by atoms with Crippen LogP contribution in [0.15, 0.2) is 12.2 Å². The van der Waals surface area contributed by atoms with Gasteiger partial charge in [0.1, 0.15) is 0 Å². The van der Waals surface area contributed by atoms with Crippen molar-refractivity contribution in [3.05, 3.63) is 12.2 Å². The Bertz CT molecular complexity index is 306. The number of rotatable bonds is 10. The molecule has 0 saturated carbocycles.